The fourth-order valence-electron chi connectivity index (χ4n) is 1.24. The first-order valence-corrected chi connectivity index (χ1v) is 5.38. The molecule has 1 unspecified atom stereocenters. The van der Waals surface area contributed by atoms with Crippen LogP contribution in [0.15, 0.2) is 35.3 Å². The molecule has 0 fully saturated rings. The van der Waals surface area contributed by atoms with E-state index in [-0.39, 0.29) is 6.04 Å². The van der Waals surface area contributed by atoms with Crippen molar-refractivity contribution in [3.63, 3.8) is 0 Å². The average molecular weight is 276 g/mol. The Morgan fingerprint density at radius 3 is 2.86 bits per heavy atom. The van der Waals surface area contributed by atoms with Gasteiger partial charge in [0.15, 0.2) is 0 Å². The van der Waals surface area contributed by atoms with Gasteiger partial charge in [-0.2, -0.15) is 0 Å². The Morgan fingerprint density at radius 2 is 2.36 bits per heavy atom. The average Bonchev–Trinajstić information content (AvgIpc) is 2.15. The van der Waals surface area contributed by atoms with E-state index < -0.39 is 0 Å². The lowest BCUT2D eigenvalue weighted by molar-refractivity contribution is 0.559. The van der Waals surface area contributed by atoms with E-state index in [1.165, 1.54) is 0 Å². The van der Waals surface area contributed by atoms with Crippen molar-refractivity contribution in [1.82, 2.24) is 5.43 Å². The lowest BCUT2D eigenvalue weighted by atomic mass is 10.0. The molecule has 0 saturated carbocycles. The van der Waals surface area contributed by atoms with Crippen molar-refractivity contribution in [2.75, 3.05) is 0 Å². The molecular formula is C10H12BrClN2. The summed E-state index contributed by atoms with van der Waals surface area (Å²) in [4.78, 5) is 0. The number of hydrazine groups is 1. The minimum absolute atomic E-state index is 0.0686. The number of hydrogen-bond donors (Lipinski definition) is 2. The van der Waals surface area contributed by atoms with Crippen LogP contribution in [0.3, 0.4) is 0 Å². The molecule has 1 aromatic carbocycles. The predicted molar refractivity (Wildman–Crippen MR) is 64.0 cm³/mol. The van der Waals surface area contributed by atoms with Gasteiger partial charge in [-0.15, -0.1) is 6.58 Å². The second-order valence-electron chi connectivity index (χ2n) is 2.91. The van der Waals surface area contributed by atoms with Gasteiger partial charge >= 0.3 is 0 Å². The lowest BCUT2D eigenvalue weighted by Crippen LogP contribution is -2.27. The maximum atomic E-state index is 5.84. The summed E-state index contributed by atoms with van der Waals surface area (Å²) in [5, 5.41) is 0.704. The van der Waals surface area contributed by atoms with Crippen molar-refractivity contribution in [3.05, 3.63) is 45.9 Å². The van der Waals surface area contributed by atoms with Crippen molar-refractivity contribution in [2.45, 2.75) is 12.5 Å². The first kappa shape index (κ1) is 11.7. The number of benzene rings is 1. The van der Waals surface area contributed by atoms with Crippen molar-refractivity contribution in [1.29, 1.82) is 0 Å². The number of hydrogen-bond acceptors (Lipinski definition) is 2. The maximum absolute atomic E-state index is 5.84. The van der Waals surface area contributed by atoms with Crippen LogP contribution in [-0.2, 0) is 0 Å². The molecule has 1 aromatic rings. The van der Waals surface area contributed by atoms with Gasteiger partial charge in [0.25, 0.3) is 0 Å². The van der Waals surface area contributed by atoms with Gasteiger partial charge in [-0.05, 0) is 24.1 Å². The van der Waals surface area contributed by atoms with E-state index in [0.717, 1.165) is 16.5 Å². The van der Waals surface area contributed by atoms with E-state index in [1.54, 1.807) is 0 Å². The summed E-state index contributed by atoms with van der Waals surface area (Å²) in [6, 6.07) is 5.71. The number of halogens is 2. The zero-order chi connectivity index (χ0) is 10.6. The molecule has 0 heterocycles. The molecule has 14 heavy (non-hydrogen) atoms. The van der Waals surface area contributed by atoms with E-state index in [0.29, 0.717) is 5.02 Å². The molecule has 0 aliphatic heterocycles. The summed E-state index contributed by atoms with van der Waals surface area (Å²) < 4.78 is 0.954. The Morgan fingerprint density at radius 1 is 1.64 bits per heavy atom. The molecule has 0 radical (unpaired) electrons. The fraction of sp³-hybridized carbons (Fsp3) is 0.200. The normalized spacial score (nSPS) is 12.5. The Hall–Kier alpha value is -0.350. The smallest absolute Gasteiger partial charge is 0.0505 e. The highest BCUT2D eigenvalue weighted by molar-refractivity contribution is 9.10. The van der Waals surface area contributed by atoms with Crippen molar-refractivity contribution in [3.8, 4) is 0 Å². The van der Waals surface area contributed by atoms with E-state index in [4.69, 9.17) is 17.4 Å². The number of nitrogens with one attached hydrogen (secondary N) is 1. The molecule has 76 valence electrons. The second-order valence-corrected chi connectivity index (χ2v) is 4.20. The Labute approximate surface area is 97.2 Å². The van der Waals surface area contributed by atoms with Crippen LogP contribution >= 0.6 is 27.5 Å². The summed E-state index contributed by atoms with van der Waals surface area (Å²) >= 11 is 9.28. The van der Waals surface area contributed by atoms with E-state index in [9.17, 15) is 0 Å². The molecule has 3 N–H and O–H groups in total. The van der Waals surface area contributed by atoms with Gasteiger partial charge < -0.3 is 0 Å². The lowest BCUT2D eigenvalue weighted by Gasteiger charge is -2.15. The Bertz CT molecular complexity index is 328. The highest BCUT2D eigenvalue weighted by Gasteiger charge is 2.11. The second kappa shape index (κ2) is 5.51. The van der Waals surface area contributed by atoms with Crippen LogP contribution in [0.4, 0.5) is 0 Å². The van der Waals surface area contributed by atoms with Gasteiger partial charge in [0.1, 0.15) is 0 Å². The van der Waals surface area contributed by atoms with Crippen LogP contribution in [0.2, 0.25) is 5.02 Å². The van der Waals surface area contributed by atoms with Gasteiger partial charge in [-0.1, -0.05) is 39.7 Å². The monoisotopic (exact) mass is 274 g/mol. The molecule has 4 heteroatoms. The highest BCUT2D eigenvalue weighted by atomic mass is 79.9. The van der Waals surface area contributed by atoms with Crippen LogP contribution in [0.25, 0.3) is 0 Å². The Balaban J connectivity index is 2.97. The molecule has 0 aromatic heterocycles. The molecule has 0 aliphatic rings. The van der Waals surface area contributed by atoms with Gasteiger partial charge in [0.05, 0.1) is 6.04 Å². The Kier molecular flexibility index (Phi) is 4.62. The highest BCUT2D eigenvalue weighted by Crippen LogP contribution is 2.28. The third-order valence-corrected chi connectivity index (χ3v) is 2.86. The van der Waals surface area contributed by atoms with E-state index >= 15 is 0 Å². The van der Waals surface area contributed by atoms with Gasteiger partial charge in [0.2, 0.25) is 0 Å². The molecule has 1 atom stereocenters. The zero-order valence-corrected chi connectivity index (χ0v) is 9.98. The fourth-order valence-corrected chi connectivity index (χ4v) is 2.19. The van der Waals surface area contributed by atoms with Crippen LogP contribution in [0.1, 0.15) is 18.0 Å². The SMILES string of the molecule is C=CCC(NN)c1ccc(Cl)cc1Br. The third kappa shape index (κ3) is 2.82. The molecular weight excluding hydrogens is 263 g/mol. The van der Waals surface area contributed by atoms with E-state index in [1.807, 2.05) is 24.3 Å². The zero-order valence-electron chi connectivity index (χ0n) is 7.63. The van der Waals surface area contributed by atoms with Crippen molar-refractivity contribution < 1.29 is 0 Å². The molecule has 1 rings (SSSR count). The minimum atomic E-state index is 0.0686. The number of nitrogens with two attached hydrogens (primary N) is 1. The quantitative estimate of drug-likeness (QED) is 0.503. The topological polar surface area (TPSA) is 38.0 Å². The molecule has 0 amide bonds. The largest absolute Gasteiger partial charge is 0.271 e. The van der Waals surface area contributed by atoms with Gasteiger partial charge in [0, 0.05) is 9.50 Å². The summed E-state index contributed by atoms with van der Waals surface area (Å²) in [5.41, 5.74) is 3.82. The van der Waals surface area contributed by atoms with Gasteiger partial charge in [-0.25, -0.2) is 0 Å². The summed E-state index contributed by atoms with van der Waals surface area (Å²) in [7, 11) is 0. The predicted octanol–water partition coefficient (Wildman–Crippen LogP) is 3.18. The maximum Gasteiger partial charge on any atom is 0.0505 e. The number of rotatable bonds is 4. The van der Waals surface area contributed by atoms with Crippen LogP contribution in [0, 0.1) is 0 Å². The first-order chi connectivity index (χ1) is 6.69. The first-order valence-electron chi connectivity index (χ1n) is 4.21. The van der Waals surface area contributed by atoms with Crippen LogP contribution < -0.4 is 11.3 Å². The summed E-state index contributed by atoms with van der Waals surface area (Å²) in [5.74, 6) is 5.45. The molecule has 0 bridgehead atoms. The van der Waals surface area contributed by atoms with Gasteiger partial charge in [-0.3, -0.25) is 11.3 Å². The van der Waals surface area contributed by atoms with Crippen molar-refractivity contribution in [2.24, 2.45) is 5.84 Å². The van der Waals surface area contributed by atoms with Crippen molar-refractivity contribution >= 4 is 27.5 Å². The minimum Gasteiger partial charge on any atom is -0.271 e. The summed E-state index contributed by atoms with van der Waals surface area (Å²) in [6.45, 7) is 3.68. The standard InChI is InChI=1S/C10H12BrClN2/c1-2-3-10(14-13)8-5-4-7(12)6-9(8)11/h2,4-6,10,14H,1,3,13H2. The van der Waals surface area contributed by atoms with Crippen LogP contribution in [-0.4, -0.2) is 0 Å². The summed E-state index contributed by atoms with van der Waals surface area (Å²) in [6.07, 6.45) is 2.60. The van der Waals surface area contributed by atoms with E-state index in [2.05, 4.69) is 27.9 Å². The third-order valence-electron chi connectivity index (χ3n) is 1.94. The van der Waals surface area contributed by atoms with Crippen LogP contribution in [0.5, 0.6) is 0 Å². The molecule has 2 nitrogen and oxygen atoms in total. The molecule has 0 spiro atoms. The molecule has 0 aliphatic carbocycles. The molecule has 0 saturated heterocycles.